The van der Waals surface area contributed by atoms with E-state index in [4.69, 9.17) is 14.7 Å². The van der Waals surface area contributed by atoms with Crippen LogP contribution in [0.5, 0.6) is 17.2 Å². The van der Waals surface area contributed by atoms with Crippen LogP contribution in [0, 0.1) is 27.3 Å². The van der Waals surface area contributed by atoms with Crippen molar-refractivity contribution < 1.29 is 18.8 Å². The number of hydrogen-bond acceptors (Lipinski definition) is 5. The van der Waals surface area contributed by atoms with Crippen molar-refractivity contribution in [2.24, 2.45) is 0 Å². The summed E-state index contributed by atoms with van der Waals surface area (Å²) in [5.74, 6) is -0.529. The van der Waals surface area contributed by atoms with Gasteiger partial charge in [-0.2, -0.15) is 5.26 Å². The number of nitriles is 1. The summed E-state index contributed by atoms with van der Waals surface area (Å²) in [5, 5.41) is 19.7. The van der Waals surface area contributed by atoms with E-state index in [0.29, 0.717) is 0 Å². The first kappa shape index (κ1) is 14.3. The minimum atomic E-state index is -0.737. The standard InChI is InChI=1S/C14H9FN2O4/c1-20-13-6-5-9(17(18)19)7-14(13)21-12-4-2-3-11(15)10(12)8-16/h2-7H,1H3. The number of benzene rings is 2. The van der Waals surface area contributed by atoms with E-state index in [1.165, 1.54) is 31.4 Å². The summed E-state index contributed by atoms with van der Waals surface area (Å²) in [6.07, 6.45) is 0. The largest absolute Gasteiger partial charge is 0.493 e. The topological polar surface area (TPSA) is 85.4 Å². The van der Waals surface area contributed by atoms with E-state index in [0.717, 1.165) is 12.1 Å². The summed E-state index contributed by atoms with van der Waals surface area (Å²) in [5.41, 5.74) is -0.494. The van der Waals surface area contributed by atoms with Gasteiger partial charge in [0.2, 0.25) is 0 Å². The molecule has 0 aromatic heterocycles. The predicted molar refractivity (Wildman–Crippen MR) is 70.8 cm³/mol. The van der Waals surface area contributed by atoms with Gasteiger partial charge in [-0.3, -0.25) is 10.1 Å². The molecule has 0 bridgehead atoms. The molecule has 0 heterocycles. The van der Waals surface area contributed by atoms with E-state index in [9.17, 15) is 14.5 Å². The average molecular weight is 288 g/mol. The second-order valence-electron chi connectivity index (χ2n) is 3.92. The number of hydrogen-bond donors (Lipinski definition) is 0. The number of rotatable bonds is 4. The Kier molecular flexibility index (Phi) is 4.00. The summed E-state index contributed by atoms with van der Waals surface area (Å²) < 4.78 is 23.9. The maximum Gasteiger partial charge on any atom is 0.273 e. The Hall–Kier alpha value is -3.14. The fourth-order valence-electron chi connectivity index (χ4n) is 1.68. The highest BCUT2D eigenvalue weighted by Gasteiger charge is 2.16. The van der Waals surface area contributed by atoms with Gasteiger partial charge in [0.15, 0.2) is 11.5 Å². The van der Waals surface area contributed by atoms with Gasteiger partial charge in [0.25, 0.3) is 5.69 Å². The molecule has 0 aliphatic heterocycles. The zero-order valence-corrected chi connectivity index (χ0v) is 10.9. The summed E-state index contributed by atoms with van der Waals surface area (Å²) in [7, 11) is 1.37. The van der Waals surface area contributed by atoms with Gasteiger partial charge in [0.1, 0.15) is 23.2 Å². The highest BCUT2D eigenvalue weighted by molar-refractivity contribution is 5.53. The second-order valence-corrected chi connectivity index (χ2v) is 3.92. The molecular formula is C14H9FN2O4. The third-order valence-electron chi connectivity index (χ3n) is 2.67. The number of nitrogens with zero attached hydrogens (tertiary/aromatic N) is 2. The molecule has 0 fully saturated rings. The van der Waals surface area contributed by atoms with Crippen LogP contribution in [0.3, 0.4) is 0 Å². The quantitative estimate of drug-likeness (QED) is 0.635. The van der Waals surface area contributed by atoms with E-state index in [1.807, 2.05) is 0 Å². The van der Waals surface area contributed by atoms with Gasteiger partial charge in [-0.1, -0.05) is 6.07 Å². The first-order valence-corrected chi connectivity index (χ1v) is 5.75. The molecular weight excluding hydrogens is 279 g/mol. The minimum Gasteiger partial charge on any atom is -0.493 e. The Morgan fingerprint density at radius 3 is 2.62 bits per heavy atom. The summed E-state index contributed by atoms with van der Waals surface area (Å²) >= 11 is 0. The lowest BCUT2D eigenvalue weighted by Gasteiger charge is -2.11. The van der Waals surface area contributed by atoms with Crippen molar-refractivity contribution in [1.29, 1.82) is 5.26 Å². The van der Waals surface area contributed by atoms with E-state index in [2.05, 4.69) is 0 Å². The smallest absolute Gasteiger partial charge is 0.273 e. The molecule has 2 aromatic carbocycles. The van der Waals surface area contributed by atoms with Crippen LogP contribution in [0.1, 0.15) is 5.56 Å². The summed E-state index contributed by atoms with van der Waals surface area (Å²) in [6, 6.07) is 9.32. The molecule has 21 heavy (non-hydrogen) atoms. The zero-order valence-electron chi connectivity index (χ0n) is 10.9. The third kappa shape index (κ3) is 2.90. The molecule has 0 spiro atoms. The molecule has 7 heteroatoms. The van der Waals surface area contributed by atoms with Gasteiger partial charge in [0.05, 0.1) is 18.1 Å². The van der Waals surface area contributed by atoms with Crippen LogP contribution < -0.4 is 9.47 Å². The molecule has 0 aliphatic carbocycles. The molecule has 2 aromatic rings. The van der Waals surface area contributed by atoms with Crippen molar-refractivity contribution in [2.45, 2.75) is 0 Å². The van der Waals surface area contributed by atoms with Gasteiger partial charge in [-0.05, 0) is 18.2 Å². The van der Waals surface area contributed by atoms with Crippen molar-refractivity contribution >= 4 is 5.69 Å². The Labute approximate surface area is 119 Å². The highest BCUT2D eigenvalue weighted by Crippen LogP contribution is 2.36. The molecule has 6 nitrogen and oxygen atoms in total. The molecule has 0 atom stereocenters. The lowest BCUT2D eigenvalue weighted by atomic mass is 10.2. The first-order valence-electron chi connectivity index (χ1n) is 5.75. The monoisotopic (exact) mass is 288 g/mol. The van der Waals surface area contributed by atoms with E-state index < -0.39 is 10.7 Å². The normalized spacial score (nSPS) is 9.76. The molecule has 0 N–H and O–H groups in total. The van der Waals surface area contributed by atoms with Crippen molar-refractivity contribution in [1.82, 2.24) is 0 Å². The number of nitro groups is 1. The number of halogens is 1. The van der Waals surface area contributed by atoms with Crippen LogP contribution in [0.4, 0.5) is 10.1 Å². The van der Waals surface area contributed by atoms with Gasteiger partial charge < -0.3 is 9.47 Å². The fourth-order valence-corrected chi connectivity index (χ4v) is 1.68. The Morgan fingerprint density at radius 1 is 1.24 bits per heavy atom. The van der Waals surface area contributed by atoms with Crippen molar-refractivity contribution in [3.8, 4) is 23.3 Å². The van der Waals surface area contributed by atoms with Crippen LogP contribution >= 0.6 is 0 Å². The van der Waals surface area contributed by atoms with Gasteiger partial charge >= 0.3 is 0 Å². The van der Waals surface area contributed by atoms with Crippen LogP contribution in [0.2, 0.25) is 0 Å². The number of non-ortho nitro benzene ring substituents is 1. The number of methoxy groups -OCH3 is 1. The average Bonchev–Trinajstić information content (AvgIpc) is 2.47. The zero-order chi connectivity index (χ0) is 15.4. The molecule has 0 unspecified atom stereocenters. The maximum absolute atomic E-state index is 13.5. The first-order chi connectivity index (χ1) is 10.1. The van der Waals surface area contributed by atoms with Gasteiger partial charge in [-0.25, -0.2) is 4.39 Å². The van der Waals surface area contributed by atoms with Crippen LogP contribution in [0.15, 0.2) is 36.4 Å². The highest BCUT2D eigenvalue weighted by atomic mass is 19.1. The number of ether oxygens (including phenoxy) is 2. The molecule has 0 saturated carbocycles. The lowest BCUT2D eigenvalue weighted by molar-refractivity contribution is -0.384. The second kappa shape index (κ2) is 5.88. The van der Waals surface area contributed by atoms with Crippen molar-refractivity contribution in [3.63, 3.8) is 0 Å². The number of nitro benzene ring substituents is 1. The lowest BCUT2D eigenvalue weighted by Crippen LogP contribution is -1.96. The molecule has 0 saturated heterocycles. The predicted octanol–water partition coefficient (Wildman–Crippen LogP) is 3.41. The molecule has 2 rings (SSSR count). The van der Waals surface area contributed by atoms with Crippen molar-refractivity contribution in [3.05, 3.63) is 57.9 Å². The van der Waals surface area contributed by atoms with Crippen molar-refractivity contribution in [2.75, 3.05) is 7.11 Å². The van der Waals surface area contributed by atoms with Gasteiger partial charge in [0, 0.05) is 6.07 Å². The van der Waals surface area contributed by atoms with Crippen LogP contribution in [-0.4, -0.2) is 12.0 Å². The SMILES string of the molecule is COc1ccc([N+](=O)[O-])cc1Oc1cccc(F)c1C#N. The molecule has 0 aliphatic rings. The Morgan fingerprint density at radius 2 is 2.00 bits per heavy atom. The Bertz CT molecular complexity index is 740. The van der Waals surface area contributed by atoms with E-state index in [-0.39, 0.29) is 28.5 Å². The van der Waals surface area contributed by atoms with Crippen LogP contribution in [-0.2, 0) is 0 Å². The molecule has 0 radical (unpaired) electrons. The summed E-state index contributed by atoms with van der Waals surface area (Å²) in [6.45, 7) is 0. The van der Waals surface area contributed by atoms with E-state index >= 15 is 0 Å². The minimum absolute atomic E-state index is 0.0220. The van der Waals surface area contributed by atoms with Gasteiger partial charge in [-0.15, -0.1) is 0 Å². The maximum atomic E-state index is 13.5. The Balaban J connectivity index is 2.48. The summed E-state index contributed by atoms with van der Waals surface area (Å²) in [4.78, 5) is 10.2. The fraction of sp³-hybridized carbons (Fsp3) is 0.0714. The van der Waals surface area contributed by atoms with E-state index in [1.54, 1.807) is 6.07 Å². The molecule has 0 amide bonds. The third-order valence-corrected chi connectivity index (χ3v) is 2.67. The molecule has 106 valence electrons. The van der Waals surface area contributed by atoms with Crippen LogP contribution in [0.25, 0.3) is 0 Å².